The minimum Gasteiger partial charge on any atom is -0.264 e. The maximum atomic E-state index is 4.67. The van der Waals surface area contributed by atoms with Crippen molar-refractivity contribution in [2.75, 3.05) is 0 Å². The monoisotopic (exact) mass is 684 g/mol. The lowest BCUT2D eigenvalue weighted by atomic mass is 9.84. The number of rotatable bonds is 4. The van der Waals surface area contributed by atoms with Gasteiger partial charge in [-0.15, -0.1) is 0 Å². The first-order valence-electron chi connectivity index (χ1n) is 18.5. The van der Waals surface area contributed by atoms with Crippen LogP contribution in [-0.4, -0.2) is 9.97 Å². The molecule has 0 fully saturated rings. The molecule has 0 aliphatic rings. The van der Waals surface area contributed by atoms with Crippen molar-refractivity contribution in [1.29, 1.82) is 0 Å². The molecule has 0 saturated heterocycles. The summed E-state index contributed by atoms with van der Waals surface area (Å²) in [4.78, 5) is 9.33. The summed E-state index contributed by atoms with van der Waals surface area (Å²) in [5, 5.41) is 14.6. The topological polar surface area (TPSA) is 25.8 Å². The lowest BCUT2D eigenvalue weighted by molar-refractivity contribution is 1.37. The van der Waals surface area contributed by atoms with Crippen molar-refractivity contribution in [1.82, 2.24) is 9.97 Å². The van der Waals surface area contributed by atoms with Crippen LogP contribution >= 0.6 is 0 Å². The molecular weight excluding hydrogens is 653 g/mol. The first kappa shape index (κ1) is 30.5. The summed E-state index contributed by atoms with van der Waals surface area (Å²) < 4.78 is 0. The van der Waals surface area contributed by atoms with Gasteiger partial charge in [-0.3, -0.25) is 9.97 Å². The molecule has 2 aromatic heterocycles. The molecule has 0 amide bonds. The van der Waals surface area contributed by atoms with Gasteiger partial charge in [0, 0.05) is 35.6 Å². The fourth-order valence-electron chi connectivity index (χ4n) is 8.78. The summed E-state index contributed by atoms with van der Waals surface area (Å²) >= 11 is 0. The molecule has 0 aliphatic heterocycles. The van der Waals surface area contributed by atoms with Crippen LogP contribution in [0.4, 0.5) is 0 Å². The van der Waals surface area contributed by atoms with E-state index in [0.717, 1.165) is 21.9 Å². The highest BCUT2D eigenvalue weighted by Gasteiger charge is 2.20. The van der Waals surface area contributed by atoms with E-state index in [9.17, 15) is 0 Å². The van der Waals surface area contributed by atoms with Crippen LogP contribution in [0.2, 0.25) is 0 Å². The molecule has 0 N–H and O–H groups in total. The second kappa shape index (κ2) is 12.2. The van der Waals surface area contributed by atoms with Crippen LogP contribution < -0.4 is 0 Å². The lowest BCUT2D eigenvalue weighted by Gasteiger charge is -2.19. The molecule has 2 heterocycles. The third-order valence-corrected chi connectivity index (χ3v) is 11.2. The number of pyridine rings is 2. The second-order valence-corrected chi connectivity index (χ2v) is 14.1. The van der Waals surface area contributed by atoms with Crippen LogP contribution in [0.25, 0.3) is 109 Å². The number of aromatic nitrogens is 2. The van der Waals surface area contributed by atoms with Gasteiger partial charge in [0.15, 0.2) is 0 Å². The van der Waals surface area contributed by atoms with E-state index in [1.54, 1.807) is 0 Å². The van der Waals surface area contributed by atoms with Gasteiger partial charge in [0.05, 0.1) is 0 Å². The highest BCUT2D eigenvalue weighted by atomic mass is 14.6. The molecule has 2 heteroatoms. The van der Waals surface area contributed by atoms with Gasteiger partial charge < -0.3 is 0 Å². The average molecular weight is 685 g/mol. The van der Waals surface area contributed by atoms with Gasteiger partial charge in [0.1, 0.15) is 0 Å². The van der Waals surface area contributed by atoms with E-state index in [0.29, 0.717) is 0 Å². The molecule has 0 bridgehead atoms. The molecule has 11 rings (SSSR count). The smallest absolute Gasteiger partial charge is 0.0353 e. The van der Waals surface area contributed by atoms with Crippen molar-refractivity contribution < 1.29 is 0 Å². The summed E-state index contributed by atoms with van der Waals surface area (Å²) in [6, 6.07) is 61.9. The molecule has 54 heavy (non-hydrogen) atoms. The van der Waals surface area contributed by atoms with E-state index in [4.69, 9.17) is 0 Å². The van der Waals surface area contributed by atoms with Gasteiger partial charge in [-0.05, 0) is 123 Å². The summed E-state index contributed by atoms with van der Waals surface area (Å²) in [5.74, 6) is 0. The van der Waals surface area contributed by atoms with E-state index in [1.165, 1.54) is 87.2 Å². The molecule has 0 spiro atoms. The predicted molar refractivity (Wildman–Crippen MR) is 229 cm³/mol. The Morgan fingerprint density at radius 3 is 0.963 bits per heavy atom. The quantitative estimate of drug-likeness (QED) is 0.172. The molecule has 0 radical (unpaired) electrons. The third-order valence-electron chi connectivity index (χ3n) is 11.2. The van der Waals surface area contributed by atoms with E-state index >= 15 is 0 Å². The van der Waals surface area contributed by atoms with Crippen LogP contribution in [0, 0.1) is 0 Å². The summed E-state index contributed by atoms with van der Waals surface area (Å²) in [7, 11) is 0. The Balaban J connectivity index is 1.11. The van der Waals surface area contributed by atoms with Gasteiger partial charge in [-0.1, -0.05) is 146 Å². The van der Waals surface area contributed by atoms with Crippen molar-refractivity contribution in [2.24, 2.45) is 0 Å². The van der Waals surface area contributed by atoms with Crippen LogP contribution in [0.15, 0.2) is 195 Å². The zero-order valence-electron chi connectivity index (χ0n) is 29.4. The summed E-state index contributed by atoms with van der Waals surface area (Å²) in [6.07, 6.45) is 7.91. The number of nitrogens with zero attached hydrogens (tertiary/aromatic N) is 2. The Kier molecular flexibility index (Phi) is 6.90. The number of benzene rings is 9. The van der Waals surface area contributed by atoms with Crippen molar-refractivity contribution in [3.05, 3.63) is 195 Å². The number of fused-ring (bicyclic) bond motifs is 6. The average Bonchev–Trinajstić information content (AvgIpc) is 3.24. The maximum absolute atomic E-state index is 4.67. The molecular formula is C52H32N2. The summed E-state index contributed by atoms with van der Waals surface area (Å²) in [5.41, 5.74) is 9.64. The van der Waals surface area contributed by atoms with Crippen LogP contribution in [0.5, 0.6) is 0 Å². The van der Waals surface area contributed by atoms with Gasteiger partial charge in [-0.25, -0.2) is 0 Å². The highest BCUT2D eigenvalue weighted by molar-refractivity contribution is 6.23. The Labute approximate surface area is 312 Å². The van der Waals surface area contributed by atoms with Crippen LogP contribution in [-0.2, 0) is 0 Å². The van der Waals surface area contributed by atoms with Gasteiger partial charge in [-0.2, -0.15) is 0 Å². The second-order valence-electron chi connectivity index (χ2n) is 14.1. The Hall–Kier alpha value is -7.16. The molecule has 11 aromatic rings. The van der Waals surface area contributed by atoms with Gasteiger partial charge in [0.25, 0.3) is 0 Å². The number of hydrogen-bond donors (Lipinski definition) is 0. The zero-order valence-corrected chi connectivity index (χ0v) is 29.4. The van der Waals surface area contributed by atoms with Crippen molar-refractivity contribution in [2.45, 2.75) is 0 Å². The van der Waals surface area contributed by atoms with E-state index in [-0.39, 0.29) is 0 Å². The molecule has 0 aliphatic carbocycles. The normalized spacial score (nSPS) is 11.7. The first-order valence-corrected chi connectivity index (χ1v) is 18.5. The Bertz CT molecular complexity index is 2930. The zero-order chi connectivity index (χ0) is 35.6. The van der Waals surface area contributed by atoms with Gasteiger partial charge >= 0.3 is 0 Å². The molecule has 9 aromatic carbocycles. The maximum Gasteiger partial charge on any atom is 0.0353 e. The van der Waals surface area contributed by atoms with Gasteiger partial charge in [0.2, 0.25) is 0 Å². The minimum absolute atomic E-state index is 1.15. The Morgan fingerprint density at radius 2 is 0.556 bits per heavy atom. The minimum atomic E-state index is 1.15. The lowest BCUT2D eigenvalue weighted by Crippen LogP contribution is -1.93. The molecule has 0 saturated carbocycles. The molecule has 250 valence electrons. The van der Waals surface area contributed by atoms with Crippen molar-refractivity contribution >= 4 is 64.6 Å². The highest BCUT2D eigenvalue weighted by Crippen LogP contribution is 2.46. The third kappa shape index (κ3) is 4.74. The fraction of sp³-hybridized carbons (Fsp3) is 0. The van der Waals surface area contributed by atoms with Crippen LogP contribution in [0.3, 0.4) is 0 Å². The summed E-state index contributed by atoms with van der Waals surface area (Å²) in [6.45, 7) is 0. The SMILES string of the molecule is c1ccc2cc(-c3c4ccccc4c(-c4ccc(-c5c6ccccc6c(-c6ccc7ccccc7c6)c6ccncc56)cc4)c4cnccc34)ccc2c1. The first-order chi connectivity index (χ1) is 26.8. The van der Waals surface area contributed by atoms with Crippen molar-refractivity contribution in [3.63, 3.8) is 0 Å². The molecule has 0 unspecified atom stereocenters. The Morgan fingerprint density at radius 1 is 0.241 bits per heavy atom. The fourth-order valence-corrected chi connectivity index (χ4v) is 8.78. The van der Waals surface area contributed by atoms with E-state index < -0.39 is 0 Å². The standard InChI is InChI=1S/C52H32N2/c1-3-11-37-29-39(23-17-33(37)9-1)51-43-15-7-5-13-41(43)49(47-31-53-27-25-45(47)51)35-19-21-36(22-20-35)50-42-14-6-8-16-44(42)52(46-26-28-54-32-48(46)50)40-24-18-34-10-2-4-12-38(34)30-40/h1-32H. The molecule has 2 nitrogen and oxygen atoms in total. The predicted octanol–water partition coefficient (Wildman–Crippen LogP) is 14.1. The largest absolute Gasteiger partial charge is 0.264 e. The number of hydrogen-bond acceptors (Lipinski definition) is 2. The van der Waals surface area contributed by atoms with E-state index in [1.807, 2.05) is 24.8 Å². The molecule has 0 atom stereocenters. The van der Waals surface area contributed by atoms with Crippen LogP contribution in [0.1, 0.15) is 0 Å². The van der Waals surface area contributed by atoms with Crippen molar-refractivity contribution in [3.8, 4) is 44.5 Å². The van der Waals surface area contributed by atoms with E-state index in [2.05, 4.69) is 180 Å².